The van der Waals surface area contributed by atoms with E-state index in [1.807, 2.05) is 0 Å². The van der Waals surface area contributed by atoms with Gasteiger partial charge in [0.05, 0.1) is 17.7 Å². The summed E-state index contributed by atoms with van der Waals surface area (Å²) < 4.78 is 10.9. The van der Waals surface area contributed by atoms with Crippen LogP contribution in [0.2, 0.25) is 0 Å². The maximum absolute atomic E-state index is 13.1. The van der Waals surface area contributed by atoms with Gasteiger partial charge in [-0.05, 0) is 73.2 Å². The third kappa shape index (κ3) is 4.23. The molecule has 2 heterocycles. The van der Waals surface area contributed by atoms with Crippen LogP contribution in [-0.2, 0) is 9.59 Å². The number of nitrogens with zero attached hydrogens (tertiary/aromatic N) is 2. The fraction of sp³-hybridized carbons (Fsp3) is 0.0870. The molecule has 0 unspecified atom stereocenters. The molecule has 1 fully saturated rings. The van der Waals surface area contributed by atoms with Gasteiger partial charge in [-0.15, -0.1) is 0 Å². The molecule has 0 aliphatic carbocycles. The van der Waals surface area contributed by atoms with Gasteiger partial charge in [0.25, 0.3) is 17.5 Å². The van der Waals surface area contributed by atoms with E-state index >= 15 is 0 Å². The first-order chi connectivity index (χ1) is 15.8. The smallest absolute Gasteiger partial charge is 0.270 e. The van der Waals surface area contributed by atoms with Gasteiger partial charge in [0.1, 0.15) is 22.8 Å². The number of thiocarbonyl (C=S) groups is 1. The first-order valence-electron chi connectivity index (χ1n) is 9.69. The number of nitrogens with one attached hydrogen (secondary N) is 1. The number of hydrogen-bond donors (Lipinski definition) is 1. The molecule has 33 heavy (non-hydrogen) atoms. The number of rotatable bonds is 5. The predicted octanol–water partition coefficient (Wildman–Crippen LogP) is 4.00. The van der Waals surface area contributed by atoms with Crippen LogP contribution in [0.3, 0.4) is 0 Å². The second-order valence-corrected chi connectivity index (χ2v) is 7.50. The summed E-state index contributed by atoms with van der Waals surface area (Å²) in [5.74, 6) is 0.0837. The molecule has 4 rings (SSSR count). The minimum atomic E-state index is -0.640. The molecule has 2 amide bonds. The summed E-state index contributed by atoms with van der Waals surface area (Å²) in [5.41, 5.74) is 1.61. The zero-order valence-corrected chi connectivity index (χ0v) is 18.3. The molecule has 1 aliphatic rings. The average Bonchev–Trinajstić information content (AvgIpc) is 3.25. The summed E-state index contributed by atoms with van der Waals surface area (Å²) in [5, 5.41) is 13.4. The number of benzene rings is 2. The Morgan fingerprint density at radius 2 is 1.85 bits per heavy atom. The van der Waals surface area contributed by atoms with Crippen molar-refractivity contribution >= 4 is 46.6 Å². The van der Waals surface area contributed by atoms with Gasteiger partial charge in [-0.25, -0.2) is 0 Å². The lowest BCUT2D eigenvalue weighted by molar-refractivity contribution is -0.384. The van der Waals surface area contributed by atoms with Crippen molar-refractivity contribution in [1.29, 1.82) is 0 Å². The molecule has 10 heteroatoms. The molecule has 9 nitrogen and oxygen atoms in total. The standard InChI is InChI=1S/C23H17N3O6S/c1-13-11-15(26(29)30)5-9-18(13)20-10-8-17(32-20)12-19-21(27)24-23(33)25(22(19)28)14-3-6-16(31-2)7-4-14/h3-12H,1-2H3,(H,24,27,33). The van der Waals surface area contributed by atoms with Crippen molar-refractivity contribution in [3.8, 4) is 17.1 Å². The van der Waals surface area contributed by atoms with E-state index in [4.69, 9.17) is 21.4 Å². The number of aryl methyl sites for hydroxylation is 1. The van der Waals surface area contributed by atoms with Crippen LogP contribution in [0, 0.1) is 17.0 Å². The van der Waals surface area contributed by atoms with Gasteiger partial charge in [-0.2, -0.15) is 0 Å². The Morgan fingerprint density at radius 3 is 2.48 bits per heavy atom. The van der Waals surface area contributed by atoms with Crippen LogP contribution in [0.25, 0.3) is 17.4 Å². The molecule has 0 spiro atoms. The number of methoxy groups -OCH3 is 1. The van der Waals surface area contributed by atoms with E-state index in [1.165, 1.54) is 30.2 Å². The number of anilines is 1. The van der Waals surface area contributed by atoms with Crippen molar-refractivity contribution in [3.63, 3.8) is 0 Å². The summed E-state index contributed by atoms with van der Waals surface area (Å²) in [6.45, 7) is 1.73. The highest BCUT2D eigenvalue weighted by Gasteiger charge is 2.34. The van der Waals surface area contributed by atoms with Crippen LogP contribution in [0.5, 0.6) is 5.75 Å². The summed E-state index contributed by atoms with van der Waals surface area (Å²) >= 11 is 5.20. The number of nitro groups is 1. The van der Waals surface area contributed by atoms with Crippen LogP contribution in [0.15, 0.2) is 64.6 Å². The molecule has 0 bridgehead atoms. The average molecular weight is 463 g/mol. The minimum Gasteiger partial charge on any atom is -0.497 e. The number of furan rings is 1. The zero-order chi connectivity index (χ0) is 23.7. The minimum absolute atomic E-state index is 0.0239. The van der Waals surface area contributed by atoms with Crippen LogP contribution < -0.4 is 15.0 Å². The Balaban J connectivity index is 1.65. The van der Waals surface area contributed by atoms with Crippen LogP contribution in [0.1, 0.15) is 11.3 Å². The van der Waals surface area contributed by atoms with E-state index in [2.05, 4.69) is 5.32 Å². The fourth-order valence-electron chi connectivity index (χ4n) is 3.38. The number of amides is 2. The Kier molecular flexibility index (Phi) is 5.76. The highest BCUT2D eigenvalue weighted by atomic mass is 32.1. The molecule has 3 aromatic rings. The van der Waals surface area contributed by atoms with E-state index in [-0.39, 0.29) is 22.1 Å². The van der Waals surface area contributed by atoms with E-state index in [0.29, 0.717) is 28.3 Å². The molecule has 1 N–H and O–H groups in total. The molecule has 0 atom stereocenters. The van der Waals surface area contributed by atoms with Crippen LogP contribution >= 0.6 is 12.2 Å². The molecule has 166 valence electrons. The number of ether oxygens (including phenoxy) is 1. The molecule has 0 saturated carbocycles. The zero-order valence-electron chi connectivity index (χ0n) is 17.5. The summed E-state index contributed by atoms with van der Waals surface area (Å²) in [7, 11) is 1.53. The first-order valence-corrected chi connectivity index (χ1v) is 10.1. The van der Waals surface area contributed by atoms with Gasteiger partial charge >= 0.3 is 0 Å². The molecule has 2 aromatic carbocycles. The van der Waals surface area contributed by atoms with Crippen molar-refractivity contribution in [3.05, 3.63) is 81.6 Å². The molecule has 0 radical (unpaired) electrons. The first kappa shape index (κ1) is 21.9. The quantitative estimate of drug-likeness (QED) is 0.200. The van der Waals surface area contributed by atoms with Crippen LogP contribution in [-0.4, -0.2) is 29.0 Å². The third-order valence-electron chi connectivity index (χ3n) is 5.03. The van der Waals surface area contributed by atoms with Gasteiger partial charge in [0.2, 0.25) is 0 Å². The largest absolute Gasteiger partial charge is 0.497 e. The number of non-ortho nitro benzene ring substituents is 1. The Hall–Kier alpha value is -4.31. The highest BCUT2D eigenvalue weighted by molar-refractivity contribution is 7.80. The lowest BCUT2D eigenvalue weighted by atomic mass is 10.1. The normalized spacial score (nSPS) is 15.0. The fourth-order valence-corrected chi connectivity index (χ4v) is 3.66. The molecular weight excluding hydrogens is 446 g/mol. The van der Waals surface area contributed by atoms with E-state index in [1.54, 1.807) is 49.4 Å². The van der Waals surface area contributed by atoms with E-state index in [0.717, 1.165) is 0 Å². The van der Waals surface area contributed by atoms with Gasteiger partial charge < -0.3 is 9.15 Å². The summed E-state index contributed by atoms with van der Waals surface area (Å²) in [6, 6.07) is 14.3. The van der Waals surface area contributed by atoms with Crippen LogP contribution in [0.4, 0.5) is 11.4 Å². The highest BCUT2D eigenvalue weighted by Crippen LogP contribution is 2.30. The van der Waals surface area contributed by atoms with Crippen molar-refractivity contribution in [2.24, 2.45) is 0 Å². The molecule has 1 aromatic heterocycles. The second kappa shape index (κ2) is 8.67. The maximum Gasteiger partial charge on any atom is 0.270 e. The molecule has 1 aliphatic heterocycles. The Bertz CT molecular complexity index is 1330. The Labute approximate surface area is 193 Å². The van der Waals surface area contributed by atoms with Gasteiger partial charge in [-0.1, -0.05) is 0 Å². The summed E-state index contributed by atoms with van der Waals surface area (Å²) in [4.78, 5) is 37.3. The molecular formula is C23H17N3O6S. The topological polar surface area (TPSA) is 115 Å². The number of carbonyl (C=O) groups excluding carboxylic acids is 2. The third-order valence-corrected chi connectivity index (χ3v) is 5.32. The van der Waals surface area contributed by atoms with E-state index < -0.39 is 16.7 Å². The summed E-state index contributed by atoms with van der Waals surface area (Å²) in [6.07, 6.45) is 1.33. The SMILES string of the molecule is COc1ccc(N2C(=O)C(=Cc3ccc(-c4ccc([N+](=O)[O-])cc4C)o3)C(=O)NC2=S)cc1. The van der Waals surface area contributed by atoms with Gasteiger partial charge in [0, 0.05) is 17.7 Å². The molecule has 1 saturated heterocycles. The number of nitro benzene ring substituents is 1. The Morgan fingerprint density at radius 1 is 1.12 bits per heavy atom. The number of carbonyl (C=O) groups is 2. The van der Waals surface area contributed by atoms with Crippen molar-refractivity contribution in [2.45, 2.75) is 6.92 Å². The monoisotopic (exact) mass is 463 g/mol. The van der Waals surface area contributed by atoms with Crippen molar-refractivity contribution in [2.75, 3.05) is 12.0 Å². The van der Waals surface area contributed by atoms with Gasteiger partial charge in [-0.3, -0.25) is 29.9 Å². The predicted molar refractivity (Wildman–Crippen MR) is 125 cm³/mol. The van der Waals surface area contributed by atoms with Crippen molar-refractivity contribution < 1.29 is 23.7 Å². The second-order valence-electron chi connectivity index (χ2n) is 7.11. The number of hydrogen-bond acceptors (Lipinski definition) is 7. The van der Waals surface area contributed by atoms with Crippen molar-refractivity contribution in [1.82, 2.24) is 5.32 Å². The van der Waals surface area contributed by atoms with Gasteiger partial charge in [0.15, 0.2) is 5.11 Å². The van der Waals surface area contributed by atoms with E-state index in [9.17, 15) is 19.7 Å². The maximum atomic E-state index is 13.1. The lowest BCUT2D eigenvalue weighted by Crippen LogP contribution is -2.54. The lowest BCUT2D eigenvalue weighted by Gasteiger charge is -2.28.